The van der Waals surface area contributed by atoms with E-state index in [0.29, 0.717) is 29.2 Å². The van der Waals surface area contributed by atoms with Gasteiger partial charge < -0.3 is 10.6 Å². The Kier molecular flexibility index (Phi) is 3.31. The smallest absolute Gasteiger partial charge is 0.255 e. The molecule has 1 aliphatic rings. The minimum Gasteiger partial charge on any atom is -0.348 e. The molecule has 0 spiro atoms. The third-order valence-electron chi connectivity index (χ3n) is 3.92. The van der Waals surface area contributed by atoms with E-state index in [1.54, 1.807) is 30.3 Å². The molecule has 2 heterocycles. The quantitative estimate of drug-likeness (QED) is 0.687. The molecule has 24 heavy (non-hydrogen) atoms. The van der Waals surface area contributed by atoms with Crippen molar-refractivity contribution in [3.63, 3.8) is 0 Å². The van der Waals surface area contributed by atoms with Crippen LogP contribution in [0.5, 0.6) is 0 Å². The molecular weight excluding hydrogens is 306 g/mol. The number of H-pyrrole nitrogens is 1. The van der Waals surface area contributed by atoms with Crippen molar-refractivity contribution in [2.45, 2.75) is 6.54 Å². The van der Waals surface area contributed by atoms with Crippen LogP contribution in [0.2, 0.25) is 0 Å². The third kappa shape index (κ3) is 2.32. The first kappa shape index (κ1) is 14.1. The van der Waals surface area contributed by atoms with E-state index in [4.69, 9.17) is 0 Å². The van der Waals surface area contributed by atoms with Gasteiger partial charge in [-0.3, -0.25) is 14.7 Å². The van der Waals surface area contributed by atoms with E-state index >= 15 is 0 Å². The molecule has 0 saturated carbocycles. The van der Waals surface area contributed by atoms with E-state index in [9.17, 15) is 9.59 Å². The summed E-state index contributed by atoms with van der Waals surface area (Å²) in [7, 11) is 0. The molecule has 1 aromatic heterocycles. The number of carbonyl (C=O) groups is 2. The normalized spacial score (nSPS) is 12.6. The van der Waals surface area contributed by atoms with Gasteiger partial charge in [0.25, 0.3) is 11.8 Å². The van der Waals surface area contributed by atoms with E-state index in [1.807, 2.05) is 12.1 Å². The summed E-state index contributed by atoms with van der Waals surface area (Å²) in [5.74, 6) is 0.114. The highest BCUT2D eigenvalue weighted by Crippen LogP contribution is 2.32. The Labute approximate surface area is 137 Å². The second-order valence-corrected chi connectivity index (χ2v) is 5.35. The van der Waals surface area contributed by atoms with Gasteiger partial charge in [0.2, 0.25) is 0 Å². The maximum Gasteiger partial charge on any atom is 0.255 e. The van der Waals surface area contributed by atoms with E-state index in [-0.39, 0.29) is 11.8 Å². The van der Waals surface area contributed by atoms with Gasteiger partial charge in [0.15, 0.2) is 5.82 Å². The van der Waals surface area contributed by atoms with E-state index in [2.05, 4.69) is 25.8 Å². The number of carbonyl (C=O) groups excluding carboxylic acids is 2. The Bertz CT molecular complexity index is 920. The fraction of sp³-hybridized carbons (Fsp3) is 0.0588. The van der Waals surface area contributed by atoms with Crippen LogP contribution in [0.25, 0.3) is 11.4 Å². The average molecular weight is 319 g/mol. The molecule has 0 atom stereocenters. The number of aromatic amines is 1. The first-order chi connectivity index (χ1) is 11.7. The first-order valence-electron chi connectivity index (χ1n) is 7.40. The summed E-state index contributed by atoms with van der Waals surface area (Å²) in [6.45, 7) is 0.388. The maximum atomic E-state index is 12.4. The zero-order valence-corrected chi connectivity index (χ0v) is 12.5. The molecule has 0 saturated heterocycles. The number of benzene rings is 2. The van der Waals surface area contributed by atoms with Gasteiger partial charge in [-0.15, -0.1) is 0 Å². The number of nitrogens with one attached hydrogen (secondary N) is 3. The van der Waals surface area contributed by atoms with E-state index < -0.39 is 0 Å². The van der Waals surface area contributed by atoms with Gasteiger partial charge in [-0.05, 0) is 29.8 Å². The van der Waals surface area contributed by atoms with Crippen LogP contribution in [0.15, 0.2) is 48.8 Å². The number of amides is 2. The van der Waals surface area contributed by atoms with Gasteiger partial charge >= 0.3 is 0 Å². The highest BCUT2D eigenvalue weighted by atomic mass is 16.2. The average Bonchev–Trinajstić information content (AvgIpc) is 3.27. The number of hydrogen-bond donors (Lipinski definition) is 3. The standard InChI is InChI=1S/C17H13N5O2/c23-16(10-4-2-1-3-5-10)21-13-7-6-11(15-19-9-20-22-15)12-8-18-17(24)14(12)13/h1-7,9H,8H2,(H,18,24)(H,21,23)(H,19,20,22). The molecule has 0 bridgehead atoms. The first-order valence-corrected chi connectivity index (χ1v) is 7.40. The zero-order valence-electron chi connectivity index (χ0n) is 12.5. The van der Waals surface area contributed by atoms with Crippen LogP contribution in [0, 0.1) is 0 Å². The monoisotopic (exact) mass is 319 g/mol. The highest BCUT2D eigenvalue weighted by molar-refractivity contribution is 6.11. The van der Waals surface area contributed by atoms with Gasteiger partial charge in [-0.25, -0.2) is 4.98 Å². The second-order valence-electron chi connectivity index (χ2n) is 5.35. The Hall–Kier alpha value is -3.48. The molecule has 0 radical (unpaired) electrons. The summed E-state index contributed by atoms with van der Waals surface area (Å²) in [5, 5.41) is 12.2. The number of fused-ring (bicyclic) bond motifs is 1. The summed E-state index contributed by atoms with van der Waals surface area (Å²) in [4.78, 5) is 28.7. The van der Waals surface area contributed by atoms with Crippen molar-refractivity contribution in [3.8, 4) is 11.4 Å². The van der Waals surface area contributed by atoms with Gasteiger partial charge in [0.1, 0.15) is 6.33 Å². The van der Waals surface area contributed by atoms with Crippen LogP contribution in [0.1, 0.15) is 26.3 Å². The van der Waals surface area contributed by atoms with Gasteiger partial charge in [-0.1, -0.05) is 18.2 Å². The maximum absolute atomic E-state index is 12.4. The number of anilines is 1. The van der Waals surface area contributed by atoms with Crippen LogP contribution in [-0.2, 0) is 6.54 Å². The fourth-order valence-electron chi connectivity index (χ4n) is 2.79. The number of aromatic nitrogens is 3. The van der Waals surface area contributed by atoms with E-state index in [1.165, 1.54) is 6.33 Å². The number of rotatable bonds is 3. The Balaban J connectivity index is 1.74. The van der Waals surface area contributed by atoms with Gasteiger partial charge in [0.05, 0.1) is 11.3 Å². The molecule has 0 aliphatic carbocycles. The summed E-state index contributed by atoms with van der Waals surface area (Å²) < 4.78 is 0. The summed E-state index contributed by atoms with van der Waals surface area (Å²) in [5.41, 5.74) is 3.07. The molecule has 0 unspecified atom stereocenters. The predicted octanol–water partition coefficient (Wildman–Crippen LogP) is 1.97. The van der Waals surface area contributed by atoms with Crippen LogP contribution in [0.3, 0.4) is 0 Å². The zero-order chi connectivity index (χ0) is 16.5. The van der Waals surface area contributed by atoms with Crippen LogP contribution >= 0.6 is 0 Å². The molecule has 1 aliphatic heterocycles. The highest BCUT2D eigenvalue weighted by Gasteiger charge is 2.27. The number of nitrogens with zero attached hydrogens (tertiary/aromatic N) is 2. The Morgan fingerprint density at radius 1 is 1.12 bits per heavy atom. The molecule has 2 amide bonds. The fourth-order valence-corrected chi connectivity index (χ4v) is 2.79. The van der Waals surface area contributed by atoms with Crippen molar-refractivity contribution in [2.24, 2.45) is 0 Å². The largest absolute Gasteiger partial charge is 0.348 e. The molecule has 2 aromatic carbocycles. The minimum atomic E-state index is -0.259. The lowest BCUT2D eigenvalue weighted by atomic mass is 10.0. The molecule has 3 N–H and O–H groups in total. The van der Waals surface area contributed by atoms with Crippen molar-refractivity contribution in [3.05, 3.63) is 65.5 Å². The topological polar surface area (TPSA) is 99.8 Å². The third-order valence-corrected chi connectivity index (χ3v) is 3.92. The van der Waals surface area contributed by atoms with Crippen molar-refractivity contribution in [2.75, 3.05) is 5.32 Å². The Morgan fingerprint density at radius 3 is 2.71 bits per heavy atom. The molecular formula is C17H13N5O2. The lowest BCUT2D eigenvalue weighted by Crippen LogP contribution is -2.17. The molecule has 118 valence electrons. The lowest BCUT2D eigenvalue weighted by molar-refractivity contribution is 0.0966. The summed E-state index contributed by atoms with van der Waals surface area (Å²) in [6.07, 6.45) is 1.41. The van der Waals surface area contributed by atoms with Crippen LogP contribution < -0.4 is 10.6 Å². The lowest BCUT2D eigenvalue weighted by Gasteiger charge is -2.11. The molecule has 3 aromatic rings. The van der Waals surface area contributed by atoms with Crippen LogP contribution in [0.4, 0.5) is 5.69 Å². The summed E-state index contributed by atoms with van der Waals surface area (Å²) >= 11 is 0. The van der Waals surface area contributed by atoms with Crippen molar-refractivity contribution < 1.29 is 9.59 Å². The van der Waals surface area contributed by atoms with Crippen molar-refractivity contribution in [1.82, 2.24) is 20.5 Å². The molecule has 7 heteroatoms. The van der Waals surface area contributed by atoms with Gasteiger partial charge in [0, 0.05) is 17.7 Å². The van der Waals surface area contributed by atoms with Crippen LogP contribution in [-0.4, -0.2) is 27.0 Å². The predicted molar refractivity (Wildman–Crippen MR) is 87.4 cm³/mol. The molecule has 0 fully saturated rings. The minimum absolute atomic E-state index is 0.213. The van der Waals surface area contributed by atoms with E-state index in [0.717, 1.165) is 11.1 Å². The van der Waals surface area contributed by atoms with Crippen molar-refractivity contribution in [1.29, 1.82) is 0 Å². The van der Waals surface area contributed by atoms with Gasteiger partial charge in [-0.2, -0.15) is 5.10 Å². The number of hydrogen-bond acceptors (Lipinski definition) is 4. The van der Waals surface area contributed by atoms with Crippen molar-refractivity contribution >= 4 is 17.5 Å². The second kappa shape index (κ2) is 5.62. The SMILES string of the molecule is O=C(Nc1ccc(-c2ncn[nH]2)c2c1C(=O)NC2)c1ccccc1. The Morgan fingerprint density at radius 2 is 1.96 bits per heavy atom. The molecule has 7 nitrogen and oxygen atoms in total. The molecule has 4 rings (SSSR count). The summed E-state index contributed by atoms with van der Waals surface area (Å²) in [6, 6.07) is 12.4.